The number of likely N-dealkylation sites (N-methyl/N-ethyl adjacent to an activating group) is 1. The summed E-state index contributed by atoms with van der Waals surface area (Å²) in [6.45, 7) is 4.74. The van der Waals surface area contributed by atoms with E-state index in [0.717, 1.165) is 11.3 Å². The number of anilines is 1. The van der Waals surface area contributed by atoms with E-state index in [2.05, 4.69) is 40.4 Å². The third-order valence-corrected chi connectivity index (χ3v) is 4.88. The first-order chi connectivity index (χ1) is 14.2. The van der Waals surface area contributed by atoms with Crippen LogP contribution in [0.25, 0.3) is 0 Å². The number of hydrogen-bond acceptors (Lipinski definition) is 4. The Balaban J connectivity index is 1.92. The second-order valence-electron chi connectivity index (χ2n) is 7.42. The van der Waals surface area contributed by atoms with Crippen molar-refractivity contribution in [3.8, 4) is 5.75 Å². The predicted octanol–water partition coefficient (Wildman–Crippen LogP) is 4.24. The largest absolute Gasteiger partial charge is 0.492 e. The van der Waals surface area contributed by atoms with Crippen LogP contribution in [0.5, 0.6) is 5.75 Å². The van der Waals surface area contributed by atoms with Gasteiger partial charge in [-0.15, -0.1) is 0 Å². The Bertz CT molecular complexity index is 914. The van der Waals surface area contributed by atoms with Crippen LogP contribution in [0.4, 0.5) is 5.69 Å². The summed E-state index contributed by atoms with van der Waals surface area (Å²) in [6, 6.07) is 12.5. The van der Waals surface area contributed by atoms with Crippen molar-refractivity contribution in [3.63, 3.8) is 0 Å². The molecule has 6 nitrogen and oxygen atoms in total. The molecule has 2 aromatic rings. The molecule has 0 aliphatic carbocycles. The zero-order valence-corrected chi connectivity index (χ0v) is 19.9. The van der Waals surface area contributed by atoms with Crippen molar-refractivity contribution in [2.75, 3.05) is 26.0 Å². The van der Waals surface area contributed by atoms with Crippen LogP contribution >= 0.6 is 28.1 Å². The van der Waals surface area contributed by atoms with Crippen molar-refractivity contribution in [1.82, 2.24) is 10.2 Å². The molecule has 0 aliphatic heterocycles. The fraction of sp³-hybridized carbons (Fsp3) is 0.318. The quantitative estimate of drug-likeness (QED) is 0.566. The molecule has 8 heteroatoms. The van der Waals surface area contributed by atoms with Gasteiger partial charge >= 0.3 is 0 Å². The second kappa shape index (κ2) is 11.1. The van der Waals surface area contributed by atoms with Gasteiger partial charge in [0.05, 0.1) is 17.5 Å². The van der Waals surface area contributed by atoms with Crippen molar-refractivity contribution < 1.29 is 14.3 Å². The summed E-state index contributed by atoms with van der Waals surface area (Å²) >= 11 is 8.68. The number of thiocarbonyl (C=S) groups is 1. The average molecular weight is 492 g/mol. The molecule has 2 rings (SSSR count). The average Bonchev–Trinajstić information content (AvgIpc) is 2.68. The lowest BCUT2D eigenvalue weighted by atomic mass is 10.1. The van der Waals surface area contributed by atoms with Gasteiger partial charge in [-0.05, 0) is 70.0 Å². The molecule has 0 aliphatic rings. The molecule has 30 heavy (non-hydrogen) atoms. The maximum Gasteiger partial charge on any atom is 0.257 e. The lowest BCUT2D eigenvalue weighted by Crippen LogP contribution is -2.34. The van der Waals surface area contributed by atoms with E-state index in [4.69, 9.17) is 17.0 Å². The summed E-state index contributed by atoms with van der Waals surface area (Å²) in [5.41, 5.74) is 2.08. The topological polar surface area (TPSA) is 70.7 Å². The standard InChI is InChI=1S/C22H26BrN3O3S/c1-14(2)13-29-19-10-7-16(12-18(19)23)21(28)25-22(30)24-17-8-5-15(6-9-17)11-20(27)26(3)4/h5-10,12,14H,11,13H2,1-4H3,(H2,24,25,28,30). The van der Waals surface area contributed by atoms with Gasteiger partial charge in [-0.2, -0.15) is 0 Å². The van der Waals surface area contributed by atoms with Gasteiger partial charge in [-0.3, -0.25) is 14.9 Å². The summed E-state index contributed by atoms with van der Waals surface area (Å²) < 4.78 is 6.41. The van der Waals surface area contributed by atoms with Crippen molar-refractivity contribution in [1.29, 1.82) is 0 Å². The fourth-order valence-electron chi connectivity index (χ4n) is 2.39. The van der Waals surface area contributed by atoms with E-state index in [9.17, 15) is 9.59 Å². The zero-order chi connectivity index (χ0) is 22.3. The van der Waals surface area contributed by atoms with Crippen LogP contribution in [-0.4, -0.2) is 42.5 Å². The van der Waals surface area contributed by atoms with Gasteiger partial charge in [0.25, 0.3) is 5.91 Å². The van der Waals surface area contributed by atoms with Crippen LogP contribution < -0.4 is 15.4 Å². The predicted molar refractivity (Wildman–Crippen MR) is 127 cm³/mol. The molecule has 0 unspecified atom stereocenters. The molecule has 0 atom stereocenters. The van der Waals surface area contributed by atoms with Gasteiger partial charge in [0.1, 0.15) is 5.75 Å². The van der Waals surface area contributed by atoms with Crippen molar-refractivity contribution >= 4 is 50.8 Å². The maximum atomic E-state index is 12.5. The zero-order valence-electron chi connectivity index (χ0n) is 17.5. The molecule has 2 N–H and O–H groups in total. The summed E-state index contributed by atoms with van der Waals surface area (Å²) in [7, 11) is 3.45. The minimum atomic E-state index is -0.322. The summed E-state index contributed by atoms with van der Waals surface area (Å²) in [5.74, 6) is 0.807. The number of hydrogen-bond donors (Lipinski definition) is 2. The number of benzene rings is 2. The third-order valence-electron chi connectivity index (χ3n) is 4.06. The van der Waals surface area contributed by atoms with E-state index >= 15 is 0 Å². The van der Waals surface area contributed by atoms with Gasteiger partial charge in [0.15, 0.2) is 5.11 Å². The second-order valence-corrected chi connectivity index (χ2v) is 8.68. The smallest absolute Gasteiger partial charge is 0.257 e. The molecule has 2 aromatic carbocycles. The van der Waals surface area contributed by atoms with E-state index in [1.165, 1.54) is 0 Å². The molecule has 0 spiro atoms. The Kier molecular flexibility index (Phi) is 8.80. The van der Waals surface area contributed by atoms with Gasteiger partial charge in [0.2, 0.25) is 5.91 Å². The van der Waals surface area contributed by atoms with E-state index < -0.39 is 0 Å². The Morgan fingerprint density at radius 2 is 1.80 bits per heavy atom. The molecular formula is C22H26BrN3O3S. The van der Waals surface area contributed by atoms with Crippen LogP contribution in [0.3, 0.4) is 0 Å². The van der Waals surface area contributed by atoms with Crippen LogP contribution in [0.15, 0.2) is 46.9 Å². The fourth-order valence-corrected chi connectivity index (χ4v) is 3.10. The Hall–Kier alpha value is -2.45. The van der Waals surface area contributed by atoms with Gasteiger partial charge in [-0.1, -0.05) is 26.0 Å². The number of carbonyl (C=O) groups is 2. The highest BCUT2D eigenvalue weighted by Crippen LogP contribution is 2.26. The van der Waals surface area contributed by atoms with Crippen LogP contribution in [0.2, 0.25) is 0 Å². The third kappa shape index (κ3) is 7.42. The molecular weight excluding hydrogens is 466 g/mol. The van der Waals surface area contributed by atoms with E-state index in [-0.39, 0.29) is 16.9 Å². The van der Waals surface area contributed by atoms with Crippen molar-refractivity contribution in [2.45, 2.75) is 20.3 Å². The molecule has 0 radical (unpaired) electrons. The monoisotopic (exact) mass is 491 g/mol. The van der Waals surface area contributed by atoms with Gasteiger partial charge < -0.3 is 15.0 Å². The lowest BCUT2D eigenvalue weighted by molar-refractivity contribution is -0.127. The SMILES string of the molecule is CC(C)COc1ccc(C(=O)NC(=S)Nc2ccc(CC(=O)N(C)C)cc2)cc1Br. The summed E-state index contributed by atoms with van der Waals surface area (Å²) in [5, 5.41) is 5.82. The maximum absolute atomic E-state index is 12.5. The number of rotatable bonds is 7. The molecule has 0 aromatic heterocycles. The molecule has 0 heterocycles. The highest BCUT2D eigenvalue weighted by Gasteiger charge is 2.12. The summed E-state index contributed by atoms with van der Waals surface area (Å²) in [6.07, 6.45) is 0.334. The van der Waals surface area contributed by atoms with E-state index in [1.54, 1.807) is 37.2 Å². The molecule has 0 fully saturated rings. The van der Waals surface area contributed by atoms with Crippen molar-refractivity contribution in [3.05, 3.63) is 58.1 Å². The first-order valence-electron chi connectivity index (χ1n) is 9.49. The number of amides is 2. The number of carbonyl (C=O) groups excluding carboxylic acids is 2. The lowest BCUT2D eigenvalue weighted by Gasteiger charge is -2.13. The van der Waals surface area contributed by atoms with E-state index in [1.807, 2.05) is 24.3 Å². The van der Waals surface area contributed by atoms with Crippen LogP contribution in [-0.2, 0) is 11.2 Å². The molecule has 160 valence electrons. The number of halogens is 1. The molecule has 0 saturated carbocycles. The van der Waals surface area contributed by atoms with E-state index in [0.29, 0.717) is 34.7 Å². The summed E-state index contributed by atoms with van der Waals surface area (Å²) in [4.78, 5) is 25.8. The number of nitrogens with zero attached hydrogens (tertiary/aromatic N) is 1. The highest BCUT2D eigenvalue weighted by atomic mass is 79.9. The molecule has 0 bridgehead atoms. The number of nitrogens with one attached hydrogen (secondary N) is 2. The molecule has 0 saturated heterocycles. The Morgan fingerprint density at radius 1 is 1.13 bits per heavy atom. The first kappa shape index (κ1) is 23.8. The van der Waals surface area contributed by atoms with Crippen molar-refractivity contribution in [2.24, 2.45) is 5.92 Å². The Labute approximate surface area is 191 Å². The minimum absolute atomic E-state index is 0.0327. The minimum Gasteiger partial charge on any atom is -0.492 e. The van der Waals surface area contributed by atoms with Crippen LogP contribution in [0, 0.1) is 5.92 Å². The van der Waals surface area contributed by atoms with Crippen LogP contribution in [0.1, 0.15) is 29.8 Å². The normalized spacial score (nSPS) is 10.5. The van der Waals surface area contributed by atoms with Gasteiger partial charge in [-0.25, -0.2) is 0 Å². The highest BCUT2D eigenvalue weighted by molar-refractivity contribution is 9.10. The van der Waals surface area contributed by atoms with Gasteiger partial charge in [0, 0.05) is 25.3 Å². The number of ether oxygens (including phenoxy) is 1. The molecule has 2 amide bonds. The Morgan fingerprint density at radius 3 is 2.37 bits per heavy atom. The first-order valence-corrected chi connectivity index (χ1v) is 10.7.